The van der Waals surface area contributed by atoms with E-state index in [0.717, 1.165) is 11.0 Å². The summed E-state index contributed by atoms with van der Waals surface area (Å²) < 4.78 is 4.98. The molecule has 1 saturated heterocycles. The molecule has 0 unspecified atom stereocenters. The molecule has 1 N–H and O–H groups in total. The fraction of sp³-hybridized carbons (Fsp3) is 0.250. The highest BCUT2D eigenvalue weighted by Gasteiger charge is 2.27. The van der Waals surface area contributed by atoms with Crippen molar-refractivity contribution in [1.82, 2.24) is 9.88 Å². The minimum absolute atomic E-state index is 0.0879. The Kier molecular flexibility index (Phi) is 3.92. The number of H-pyrrole nitrogens is 1. The second-order valence-electron chi connectivity index (χ2n) is 5.21. The number of rotatable bonds is 3. The zero-order valence-electron chi connectivity index (χ0n) is 12.2. The number of benzene rings is 1. The summed E-state index contributed by atoms with van der Waals surface area (Å²) in [5.41, 5.74) is 0.162. The first-order chi connectivity index (χ1) is 11.1. The van der Waals surface area contributed by atoms with Crippen LogP contribution in [0.25, 0.3) is 10.9 Å². The van der Waals surface area contributed by atoms with Gasteiger partial charge in [-0.3, -0.25) is 19.3 Å². The van der Waals surface area contributed by atoms with Gasteiger partial charge in [0.2, 0.25) is 11.5 Å². The largest absolute Gasteiger partial charge is 0.452 e. The van der Waals surface area contributed by atoms with Crippen LogP contribution in [0.5, 0.6) is 0 Å². The van der Waals surface area contributed by atoms with Gasteiger partial charge in [0, 0.05) is 29.9 Å². The van der Waals surface area contributed by atoms with Crippen molar-refractivity contribution >= 4 is 28.7 Å². The Bertz CT molecular complexity index is 855. The summed E-state index contributed by atoms with van der Waals surface area (Å²) in [6, 6.07) is 7.94. The highest BCUT2D eigenvalue weighted by Crippen LogP contribution is 2.16. The third-order valence-corrected chi connectivity index (χ3v) is 3.67. The number of aromatic amines is 1. The van der Waals surface area contributed by atoms with E-state index in [1.54, 1.807) is 24.3 Å². The maximum Gasteiger partial charge on any atom is 0.339 e. The third kappa shape index (κ3) is 2.98. The number of imide groups is 1. The molecule has 2 heterocycles. The average Bonchev–Trinajstić information content (AvgIpc) is 2.97. The van der Waals surface area contributed by atoms with Crippen LogP contribution in [0.2, 0.25) is 0 Å². The summed E-state index contributed by atoms with van der Waals surface area (Å²) in [6.45, 7) is -0.172. The summed E-state index contributed by atoms with van der Waals surface area (Å²) >= 11 is 0. The van der Waals surface area contributed by atoms with Crippen LogP contribution in [0.1, 0.15) is 23.2 Å². The number of para-hydroxylation sites is 1. The van der Waals surface area contributed by atoms with Gasteiger partial charge in [0.05, 0.1) is 5.56 Å². The number of amides is 2. The van der Waals surface area contributed by atoms with Gasteiger partial charge in [-0.2, -0.15) is 0 Å². The first-order valence-corrected chi connectivity index (χ1v) is 7.18. The highest BCUT2D eigenvalue weighted by atomic mass is 16.5. The molecule has 0 radical (unpaired) electrons. The lowest BCUT2D eigenvalue weighted by Crippen LogP contribution is -2.35. The lowest BCUT2D eigenvalue weighted by Gasteiger charge is -2.13. The number of esters is 1. The summed E-state index contributed by atoms with van der Waals surface area (Å²) in [5.74, 6) is -1.57. The van der Waals surface area contributed by atoms with Crippen LogP contribution in [0.4, 0.5) is 0 Å². The molecule has 2 amide bonds. The van der Waals surface area contributed by atoms with E-state index in [1.165, 1.54) is 0 Å². The maximum atomic E-state index is 12.2. The Labute approximate surface area is 130 Å². The average molecular weight is 314 g/mol. The van der Waals surface area contributed by atoms with Crippen molar-refractivity contribution in [2.24, 2.45) is 0 Å². The lowest BCUT2D eigenvalue weighted by atomic mass is 10.1. The van der Waals surface area contributed by atoms with E-state index in [2.05, 4.69) is 4.98 Å². The smallest absolute Gasteiger partial charge is 0.339 e. The van der Waals surface area contributed by atoms with E-state index in [9.17, 15) is 19.2 Å². The molecule has 1 aliphatic rings. The molecular weight excluding hydrogens is 300 g/mol. The highest BCUT2D eigenvalue weighted by molar-refractivity contribution is 6.04. The number of hydrogen-bond acceptors (Lipinski definition) is 5. The van der Waals surface area contributed by atoms with E-state index in [0.29, 0.717) is 30.3 Å². The predicted octanol–water partition coefficient (Wildman–Crippen LogP) is 0.834. The molecule has 2 aromatic rings. The molecule has 1 fully saturated rings. The fourth-order valence-electron chi connectivity index (χ4n) is 2.57. The molecule has 7 nitrogen and oxygen atoms in total. The fourth-order valence-corrected chi connectivity index (χ4v) is 2.57. The van der Waals surface area contributed by atoms with Crippen LogP contribution in [-0.4, -0.2) is 40.8 Å². The molecule has 0 atom stereocenters. The number of hydrogen-bond donors (Lipinski definition) is 1. The maximum absolute atomic E-state index is 12.2. The molecule has 1 aromatic heterocycles. The first kappa shape index (κ1) is 15.0. The van der Waals surface area contributed by atoms with E-state index in [4.69, 9.17) is 4.74 Å². The van der Waals surface area contributed by atoms with Crippen LogP contribution < -0.4 is 5.56 Å². The van der Waals surface area contributed by atoms with Crippen molar-refractivity contribution in [3.63, 3.8) is 0 Å². The van der Waals surface area contributed by atoms with Crippen molar-refractivity contribution in [2.75, 3.05) is 13.2 Å². The lowest BCUT2D eigenvalue weighted by molar-refractivity contribution is -0.143. The minimum atomic E-state index is -0.771. The zero-order valence-corrected chi connectivity index (χ0v) is 12.2. The summed E-state index contributed by atoms with van der Waals surface area (Å²) in [4.78, 5) is 50.9. The Morgan fingerprint density at radius 1 is 1.22 bits per heavy atom. The van der Waals surface area contributed by atoms with E-state index >= 15 is 0 Å². The molecule has 0 spiro atoms. The van der Waals surface area contributed by atoms with Gasteiger partial charge >= 0.3 is 5.97 Å². The van der Waals surface area contributed by atoms with Gasteiger partial charge in [0.15, 0.2) is 6.61 Å². The second-order valence-corrected chi connectivity index (χ2v) is 5.21. The summed E-state index contributed by atoms with van der Waals surface area (Å²) in [5, 5.41) is 0.529. The standard InChI is InChI=1S/C16H14N2O5/c19-13-8-11(10-4-1-2-5-12(10)17-13)16(22)23-9-15(21)18-7-3-6-14(18)20/h1-2,4-5,8H,3,6-7,9H2,(H,17,19). The van der Waals surface area contributed by atoms with Gasteiger partial charge in [-0.15, -0.1) is 0 Å². The van der Waals surface area contributed by atoms with Gasteiger partial charge in [0.25, 0.3) is 5.91 Å². The van der Waals surface area contributed by atoms with Gasteiger partial charge in [0.1, 0.15) is 0 Å². The molecule has 0 bridgehead atoms. The molecular formula is C16H14N2O5. The monoisotopic (exact) mass is 314 g/mol. The quantitative estimate of drug-likeness (QED) is 0.847. The number of fused-ring (bicyclic) bond motifs is 1. The Morgan fingerprint density at radius 2 is 2.00 bits per heavy atom. The van der Waals surface area contributed by atoms with Crippen LogP contribution in [0.3, 0.4) is 0 Å². The number of nitrogens with zero attached hydrogens (tertiary/aromatic N) is 1. The van der Waals surface area contributed by atoms with Gasteiger partial charge in [-0.05, 0) is 12.5 Å². The SMILES string of the molecule is O=C(OCC(=O)N1CCCC1=O)c1cc(=O)[nH]c2ccccc12. The van der Waals surface area contributed by atoms with Gasteiger partial charge < -0.3 is 9.72 Å². The van der Waals surface area contributed by atoms with E-state index < -0.39 is 24.0 Å². The summed E-state index contributed by atoms with van der Waals surface area (Å²) in [7, 11) is 0. The Hall–Kier alpha value is -2.96. The van der Waals surface area contributed by atoms with E-state index in [-0.39, 0.29) is 11.5 Å². The van der Waals surface area contributed by atoms with Crippen molar-refractivity contribution in [2.45, 2.75) is 12.8 Å². The second kappa shape index (κ2) is 6.04. The molecule has 23 heavy (non-hydrogen) atoms. The predicted molar refractivity (Wildman–Crippen MR) is 80.8 cm³/mol. The van der Waals surface area contributed by atoms with Crippen molar-refractivity contribution in [1.29, 1.82) is 0 Å². The van der Waals surface area contributed by atoms with Gasteiger partial charge in [-0.25, -0.2) is 4.79 Å². The Balaban J connectivity index is 1.77. The van der Waals surface area contributed by atoms with Crippen molar-refractivity contribution in [3.8, 4) is 0 Å². The number of ether oxygens (including phenoxy) is 1. The summed E-state index contributed by atoms with van der Waals surface area (Å²) in [6.07, 6.45) is 0.954. The molecule has 0 saturated carbocycles. The third-order valence-electron chi connectivity index (χ3n) is 3.67. The molecule has 1 aromatic carbocycles. The molecule has 7 heteroatoms. The molecule has 1 aliphatic heterocycles. The zero-order chi connectivity index (χ0) is 16.4. The number of carbonyl (C=O) groups is 3. The number of likely N-dealkylation sites (tertiary alicyclic amines) is 1. The number of carbonyl (C=O) groups excluding carboxylic acids is 3. The molecule has 3 rings (SSSR count). The van der Waals surface area contributed by atoms with Crippen LogP contribution in [0.15, 0.2) is 35.1 Å². The number of nitrogens with one attached hydrogen (secondary N) is 1. The van der Waals surface area contributed by atoms with Crippen LogP contribution in [0, 0.1) is 0 Å². The van der Waals surface area contributed by atoms with Crippen LogP contribution in [-0.2, 0) is 14.3 Å². The van der Waals surface area contributed by atoms with Crippen molar-refractivity contribution in [3.05, 3.63) is 46.2 Å². The number of aromatic nitrogens is 1. The van der Waals surface area contributed by atoms with E-state index in [1.807, 2.05) is 0 Å². The minimum Gasteiger partial charge on any atom is -0.452 e. The van der Waals surface area contributed by atoms with Gasteiger partial charge in [-0.1, -0.05) is 18.2 Å². The number of pyridine rings is 1. The molecule has 0 aliphatic carbocycles. The van der Waals surface area contributed by atoms with Crippen LogP contribution >= 0.6 is 0 Å². The first-order valence-electron chi connectivity index (χ1n) is 7.18. The normalized spacial score (nSPS) is 14.3. The van der Waals surface area contributed by atoms with Crippen molar-refractivity contribution < 1.29 is 19.1 Å². The molecule has 118 valence electrons. The topological polar surface area (TPSA) is 96.5 Å². The Morgan fingerprint density at radius 3 is 2.74 bits per heavy atom.